The highest BCUT2D eigenvalue weighted by molar-refractivity contribution is 6.01. The van der Waals surface area contributed by atoms with Crippen LogP contribution in [0, 0.1) is 11.6 Å². The summed E-state index contributed by atoms with van der Waals surface area (Å²) in [5, 5.41) is 2.37. The van der Waals surface area contributed by atoms with Crippen LogP contribution in [0.25, 0.3) is 0 Å². The first-order valence-electron chi connectivity index (χ1n) is 9.38. The molecule has 2 amide bonds. The molecule has 0 bridgehead atoms. The van der Waals surface area contributed by atoms with E-state index in [9.17, 15) is 23.2 Å². The molecule has 31 heavy (non-hydrogen) atoms. The Morgan fingerprint density at radius 2 is 1.94 bits per heavy atom. The fraction of sp³-hybridized carbons (Fsp3) is 0.286. The summed E-state index contributed by atoms with van der Waals surface area (Å²) in [6.45, 7) is 0. The molecule has 4 rings (SSSR count). The summed E-state index contributed by atoms with van der Waals surface area (Å²) in [4.78, 5) is 39.1. The number of ether oxygens (including phenoxy) is 3. The number of benzene rings is 2. The van der Waals surface area contributed by atoms with Gasteiger partial charge in [0.15, 0.2) is 11.5 Å². The number of carbonyl (C=O) groups excluding carboxylic acids is 3. The molecule has 10 heteroatoms. The molecule has 0 radical (unpaired) electrons. The van der Waals surface area contributed by atoms with Crippen molar-refractivity contribution in [3.63, 3.8) is 0 Å². The number of nitrogens with zero attached hydrogens (tertiary/aromatic N) is 1. The molecule has 0 unspecified atom stereocenters. The van der Waals surface area contributed by atoms with Gasteiger partial charge in [-0.15, -0.1) is 0 Å². The topological polar surface area (TPSA) is 94.2 Å². The van der Waals surface area contributed by atoms with E-state index in [2.05, 4.69) is 5.32 Å². The molecule has 2 aromatic rings. The molecule has 1 saturated heterocycles. The lowest BCUT2D eigenvalue weighted by Crippen LogP contribution is -2.44. The predicted molar refractivity (Wildman–Crippen MR) is 103 cm³/mol. The van der Waals surface area contributed by atoms with Crippen LogP contribution < -0.4 is 14.8 Å². The molecule has 0 aromatic heterocycles. The molecule has 8 nitrogen and oxygen atoms in total. The molecule has 0 spiro atoms. The van der Waals surface area contributed by atoms with Gasteiger partial charge in [-0.3, -0.25) is 14.5 Å². The lowest BCUT2D eigenvalue weighted by Gasteiger charge is -2.29. The van der Waals surface area contributed by atoms with E-state index in [1.165, 1.54) is 14.2 Å². The van der Waals surface area contributed by atoms with Crippen LogP contribution in [0.15, 0.2) is 30.3 Å². The van der Waals surface area contributed by atoms with E-state index >= 15 is 0 Å². The minimum Gasteiger partial charge on any atom is -0.493 e. The maximum absolute atomic E-state index is 13.9. The van der Waals surface area contributed by atoms with Crippen LogP contribution in [0.1, 0.15) is 35.0 Å². The van der Waals surface area contributed by atoms with Gasteiger partial charge >= 0.3 is 5.97 Å². The summed E-state index contributed by atoms with van der Waals surface area (Å²) in [6.07, 6.45) is -0.962. The fourth-order valence-corrected chi connectivity index (χ4v) is 3.85. The van der Waals surface area contributed by atoms with Crippen molar-refractivity contribution in [3.05, 3.63) is 53.1 Å². The number of cyclic esters (lactones) is 1. The number of fused-ring (bicyclic) bond motifs is 1. The zero-order valence-corrected chi connectivity index (χ0v) is 16.6. The normalized spacial score (nSPS) is 19.8. The van der Waals surface area contributed by atoms with Crippen LogP contribution in [-0.4, -0.2) is 42.9 Å². The largest absolute Gasteiger partial charge is 0.493 e. The summed E-state index contributed by atoms with van der Waals surface area (Å²) in [5.74, 6) is -3.06. The zero-order chi connectivity index (χ0) is 22.3. The maximum Gasteiger partial charge on any atom is 0.344 e. The van der Waals surface area contributed by atoms with Crippen molar-refractivity contribution in [2.24, 2.45) is 0 Å². The van der Waals surface area contributed by atoms with Crippen molar-refractivity contribution < 1.29 is 37.4 Å². The standard InChI is InChI=1S/C21H18F2N2O6/c1-29-15-7-4-11-17(18(15)30-2)21(28)31-20(11)25-14(6-8-16(25)26)19(27)24-13-5-3-10(22)9-12(13)23/h3-5,7,9,14,20H,6,8H2,1-2H3,(H,24,27)/t14-,20+/m1/s1. The van der Waals surface area contributed by atoms with Crippen molar-refractivity contribution in [1.82, 2.24) is 4.90 Å². The Kier molecular flexibility index (Phi) is 5.22. The molecule has 162 valence electrons. The summed E-state index contributed by atoms with van der Waals surface area (Å²) in [6, 6.07) is 4.84. The van der Waals surface area contributed by atoms with Crippen molar-refractivity contribution in [3.8, 4) is 11.5 Å². The molecule has 2 aromatic carbocycles. The number of halogens is 2. The molecule has 2 heterocycles. The number of anilines is 1. The Morgan fingerprint density at radius 3 is 2.61 bits per heavy atom. The number of hydrogen-bond donors (Lipinski definition) is 1. The monoisotopic (exact) mass is 432 g/mol. The number of amides is 2. The van der Waals surface area contributed by atoms with Crippen LogP contribution >= 0.6 is 0 Å². The molecule has 2 atom stereocenters. The first kappa shape index (κ1) is 20.6. The molecular weight excluding hydrogens is 414 g/mol. The number of methoxy groups -OCH3 is 2. The minimum absolute atomic E-state index is 0.0423. The second kappa shape index (κ2) is 7.86. The number of rotatable bonds is 5. The zero-order valence-electron chi connectivity index (χ0n) is 16.6. The third kappa shape index (κ3) is 3.43. The summed E-state index contributed by atoms with van der Waals surface area (Å²) in [5.41, 5.74) is 0.236. The molecule has 1 fully saturated rings. The summed E-state index contributed by atoms with van der Waals surface area (Å²) >= 11 is 0. The Bertz CT molecular complexity index is 1090. The number of esters is 1. The molecule has 2 aliphatic heterocycles. The Labute approximate surface area is 175 Å². The Hall–Kier alpha value is -3.69. The first-order valence-corrected chi connectivity index (χ1v) is 9.38. The third-order valence-electron chi connectivity index (χ3n) is 5.27. The average Bonchev–Trinajstić information content (AvgIpc) is 3.29. The third-order valence-corrected chi connectivity index (χ3v) is 5.27. The molecule has 2 aliphatic rings. The number of hydrogen-bond acceptors (Lipinski definition) is 6. The van der Waals surface area contributed by atoms with Crippen LogP contribution in [0.4, 0.5) is 14.5 Å². The van der Waals surface area contributed by atoms with Crippen molar-refractivity contribution in [1.29, 1.82) is 0 Å². The SMILES string of the molecule is COc1ccc2c(c1OC)C(=O)O[C@@H]2N1C(=O)CC[C@@H]1C(=O)Nc1ccc(F)cc1F. The first-order chi connectivity index (χ1) is 14.8. The number of likely N-dealkylation sites (tertiary alicyclic amines) is 1. The highest BCUT2D eigenvalue weighted by Gasteiger charge is 2.47. The molecule has 0 aliphatic carbocycles. The van der Waals surface area contributed by atoms with Crippen LogP contribution in [-0.2, 0) is 14.3 Å². The highest BCUT2D eigenvalue weighted by atomic mass is 19.1. The summed E-state index contributed by atoms with van der Waals surface area (Å²) in [7, 11) is 2.79. The van der Waals surface area contributed by atoms with Gasteiger partial charge in [-0.25, -0.2) is 13.6 Å². The van der Waals surface area contributed by atoms with Gasteiger partial charge in [0.05, 0.1) is 19.9 Å². The minimum atomic E-state index is -1.15. The van der Waals surface area contributed by atoms with E-state index in [-0.39, 0.29) is 29.8 Å². The van der Waals surface area contributed by atoms with Gasteiger partial charge < -0.3 is 19.5 Å². The van der Waals surface area contributed by atoms with E-state index in [0.717, 1.165) is 17.0 Å². The molecule has 0 saturated carbocycles. The fourth-order valence-electron chi connectivity index (χ4n) is 3.85. The van der Waals surface area contributed by atoms with Crippen LogP contribution in [0.3, 0.4) is 0 Å². The van der Waals surface area contributed by atoms with Gasteiger partial charge in [0, 0.05) is 18.1 Å². The lowest BCUT2D eigenvalue weighted by atomic mass is 10.1. The smallest absolute Gasteiger partial charge is 0.344 e. The number of carbonyl (C=O) groups is 3. The van der Waals surface area contributed by atoms with E-state index in [1.54, 1.807) is 12.1 Å². The quantitative estimate of drug-likeness (QED) is 0.731. The van der Waals surface area contributed by atoms with Gasteiger partial charge in [-0.05, 0) is 30.7 Å². The van der Waals surface area contributed by atoms with Gasteiger partial charge in [-0.1, -0.05) is 0 Å². The van der Waals surface area contributed by atoms with E-state index in [1.807, 2.05) is 0 Å². The van der Waals surface area contributed by atoms with Crippen LogP contribution in [0.2, 0.25) is 0 Å². The summed E-state index contributed by atoms with van der Waals surface area (Å²) < 4.78 is 43.0. The van der Waals surface area contributed by atoms with Gasteiger partial charge in [0.1, 0.15) is 23.2 Å². The average molecular weight is 432 g/mol. The van der Waals surface area contributed by atoms with Crippen LogP contribution in [0.5, 0.6) is 11.5 Å². The number of nitrogens with one attached hydrogen (secondary N) is 1. The van der Waals surface area contributed by atoms with E-state index in [4.69, 9.17) is 14.2 Å². The molecule has 1 N–H and O–H groups in total. The molecular formula is C21H18F2N2O6. The van der Waals surface area contributed by atoms with Crippen molar-refractivity contribution >= 4 is 23.5 Å². The second-order valence-electron chi connectivity index (χ2n) is 6.99. The predicted octanol–water partition coefficient (Wildman–Crippen LogP) is 2.78. The Morgan fingerprint density at radius 1 is 1.16 bits per heavy atom. The van der Waals surface area contributed by atoms with E-state index in [0.29, 0.717) is 17.4 Å². The second-order valence-corrected chi connectivity index (χ2v) is 6.99. The lowest BCUT2D eigenvalue weighted by molar-refractivity contribution is -0.144. The maximum atomic E-state index is 13.9. The van der Waals surface area contributed by atoms with Gasteiger partial charge in [-0.2, -0.15) is 0 Å². The van der Waals surface area contributed by atoms with E-state index < -0.39 is 41.7 Å². The van der Waals surface area contributed by atoms with Crippen molar-refractivity contribution in [2.75, 3.05) is 19.5 Å². The van der Waals surface area contributed by atoms with Crippen molar-refractivity contribution in [2.45, 2.75) is 25.1 Å². The van der Waals surface area contributed by atoms with Gasteiger partial charge in [0.25, 0.3) is 0 Å². The Balaban J connectivity index is 1.65. The highest BCUT2D eigenvalue weighted by Crippen LogP contribution is 2.45. The van der Waals surface area contributed by atoms with Gasteiger partial charge in [0.2, 0.25) is 18.0 Å².